The molecule has 0 radical (unpaired) electrons. The molecule has 40 heavy (non-hydrogen) atoms. The van der Waals surface area contributed by atoms with Crippen LogP contribution >= 0.6 is 0 Å². The van der Waals surface area contributed by atoms with E-state index in [-0.39, 0.29) is 21.7 Å². The molecule has 4 nitrogen and oxygen atoms in total. The Labute approximate surface area is 257 Å². The number of fused-ring (bicyclic) bond motifs is 2. The zero-order valence-corrected chi connectivity index (χ0v) is 32.5. The number of rotatable bonds is 4. The van der Waals surface area contributed by atoms with Gasteiger partial charge in [-0.25, -0.2) is 0 Å². The van der Waals surface area contributed by atoms with E-state index in [0.717, 1.165) is 26.2 Å². The second-order valence-electron chi connectivity index (χ2n) is 16.9. The molecule has 1 fully saturated rings. The van der Waals surface area contributed by atoms with Crippen LogP contribution in [0.5, 0.6) is 0 Å². The quantitative estimate of drug-likeness (QED) is 0.314. The minimum absolute atomic E-state index is 0.260. The van der Waals surface area contributed by atoms with Crippen LogP contribution in [0, 0.1) is 21.7 Å². The average molecular weight is 707 g/mol. The van der Waals surface area contributed by atoms with E-state index in [1.807, 2.05) is 0 Å². The van der Waals surface area contributed by atoms with Crippen molar-refractivity contribution in [2.75, 3.05) is 44.4 Å². The van der Waals surface area contributed by atoms with Crippen molar-refractivity contribution >= 4 is 61.3 Å². The van der Waals surface area contributed by atoms with Crippen molar-refractivity contribution in [1.29, 1.82) is 0 Å². The normalized spacial score (nSPS) is 19.9. The monoisotopic (exact) mass is 708 g/mol. The summed E-state index contributed by atoms with van der Waals surface area (Å²) in [6.45, 7) is 34.0. The van der Waals surface area contributed by atoms with E-state index >= 15 is 0 Å². The predicted molar refractivity (Wildman–Crippen MR) is 183 cm³/mol. The molecule has 3 aliphatic heterocycles. The van der Waals surface area contributed by atoms with Crippen molar-refractivity contribution in [3.63, 3.8) is 0 Å². The van der Waals surface area contributed by atoms with Gasteiger partial charge in [0.05, 0.1) is 0 Å². The van der Waals surface area contributed by atoms with Crippen LogP contribution in [0.1, 0.15) is 83.1 Å². The number of para-hydroxylation sites is 4. The maximum atomic E-state index is 3.04. The minimum atomic E-state index is -1.90. The molecule has 220 valence electrons. The molecule has 3 aliphatic rings. The predicted octanol–water partition coefficient (Wildman–Crippen LogP) is 7.12. The Kier molecular flexibility index (Phi) is 7.50. The first-order valence-electron chi connectivity index (χ1n) is 14.9. The first-order chi connectivity index (χ1) is 18.2. The van der Waals surface area contributed by atoms with Crippen molar-refractivity contribution in [3.8, 4) is 0 Å². The molecule has 0 aromatic heterocycles. The Hall–Kier alpha value is -0.887. The molecule has 2 aromatic rings. The third-order valence-corrected chi connectivity index (χ3v) is 79.8. The van der Waals surface area contributed by atoms with Crippen LogP contribution in [0.3, 0.4) is 0 Å². The second kappa shape index (κ2) is 9.82. The standard InChI is InChI=1S/C32H52N4Se2Si2/c1-29(2,3)21-33-25-17-13-14-18-26(25)34(22-30(4,5)6)39(33)37-40(38-39)35(23-31(7,8)9)27-19-15-16-20-28(27)36(40)24-32(10,11)12/h13-20H,21-24H2,1-12H3. The van der Waals surface area contributed by atoms with Gasteiger partial charge in [-0.2, -0.15) is 0 Å². The molecule has 2 aromatic carbocycles. The topological polar surface area (TPSA) is 13.0 Å². The zero-order chi connectivity index (χ0) is 29.5. The average Bonchev–Trinajstić information content (AvgIpc) is 3.15. The Balaban J connectivity index is 1.67. The summed E-state index contributed by atoms with van der Waals surface area (Å²) < 4.78 is 12.2. The van der Waals surface area contributed by atoms with Crippen LogP contribution in [0.25, 0.3) is 0 Å². The van der Waals surface area contributed by atoms with Gasteiger partial charge in [0.2, 0.25) is 0 Å². The summed E-state index contributed by atoms with van der Waals surface area (Å²) >= 11 is 1.15. The molecule has 3 heterocycles. The maximum absolute atomic E-state index is 3.04. The van der Waals surface area contributed by atoms with Crippen molar-refractivity contribution in [3.05, 3.63) is 48.5 Å². The third-order valence-electron chi connectivity index (χ3n) is 7.35. The number of anilines is 4. The number of nitrogens with zero attached hydrogens (tertiary/aromatic N) is 4. The van der Waals surface area contributed by atoms with Gasteiger partial charge in [0.15, 0.2) is 0 Å². The fraction of sp³-hybridized carbons (Fsp3) is 0.625. The van der Waals surface area contributed by atoms with Crippen LogP contribution in [0.2, 0.25) is 0 Å². The number of hydrogen-bond acceptors (Lipinski definition) is 4. The summed E-state index contributed by atoms with van der Waals surface area (Å²) in [5.74, 6) is 0. The van der Waals surface area contributed by atoms with E-state index in [0.29, 0.717) is 27.4 Å². The first kappa shape index (κ1) is 30.6. The van der Waals surface area contributed by atoms with E-state index < -0.39 is 11.2 Å². The molecule has 2 spiro atoms. The van der Waals surface area contributed by atoms with Gasteiger partial charge < -0.3 is 0 Å². The van der Waals surface area contributed by atoms with Gasteiger partial charge in [-0.05, 0) is 0 Å². The number of benzene rings is 2. The van der Waals surface area contributed by atoms with Crippen molar-refractivity contribution in [2.24, 2.45) is 21.7 Å². The van der Waals surface area contributed by atoms with Gasteiger partial charge in [0, 0.05) is 0 Å². The molecular formula is C32H52N4Se2Si2. The Morgan fingerprint density at radius 2 is 0.625 bits per heavy atom. The summed E-state index contributed by atoms with van der Waals surface area (Å²) in [5, 5.41) is 0. The van der Waals surface area contributed by atoms with E-state index in [1.54, 1.807) is 0 Å². The summed E-state index contributed by atoms with van der Waals surface area (Å²) in [5.41, 5.74) is 3.35. The molecule has 0 aliphatic carbocycles. The van der Waals surface area contributed by atoms with Crippen LogP contribution in [0.15, 0.2) is 48.5 Å². The molecule has 1 saturated heterocycles. The Morgan fingerprint density at radius 1 is 0.425 bits per heavy atom. The van der Waals surface area contributed by atoms with Gasteiger partial charge in [-0.1, -0.05) is 0 Å². The van der Waals surface area contributed by atoms with Crippen molar-refractivity contribution in [1.82, 2.24) is 0 Å². The molecular weight excluding hydrogens is 654 g/mol. The van der Waals surface area contributed by atoms with Crippen LogP contribution in [-0.2, 0) is 0 Å². The van der Waals surface area contributed by atoms with E-state index in [2.05, 4.69) is 150 Å². The Bertz CT molecular complexity index is 1060. The molecule has 0 saturated carbocycles. The van der Waals surface area contributed by atoms with Crippen LogP contribution < -0.4 is 18.3 Å². The van der Waals surface area contributed by atoms with Gasteiger partial charge in [0.1, 0.15) is 0 Å². The van der Waals surface area contributed by atoms with Gasteiger partial charge in [-0.3, -0.25) is 0 Å². The molecule has 5 rings (SSSR count). The van der Waals surface area contributed by atoms with Crippen molar-refractivity contribution < 1.29 is 0 Å². The van der Waals surface area contributed by atoms with Gasteiger partial charge in [0.25, 0.3) is 0 Å². The van der Waals surface area contributed by atoms with Crippen molar-refractivity contribution in [2.45, 2.75) is 83.1 Å². The summed E-state index contributed by atoms with van der Waals surface area (Å²) in [6, 6.07) is 18.9. The number of hydrogen-bond donors (Lipinski definition) is 0. The second-order valence-corrected chi connectivity index (χ2v) is 52.8. The molecule has 0 bridgehead atoms. The SMILES string of the molecule is CC(C)(C)CN1c2ccccc2N(CC(C)(C)C)[Si]12[Se][Si]1([Se]2)N(CC(C)(C)C)c2ccccc2N1CC(C)(C)C. The molecule has 0 amide bonds. The zero-order valence-electron chi connectivity index (χ0n) is 27.1. The summed E-state index contributed by atoms with van der Waals surface area (Å²) in [4.78, 5) is 0. The van der Waals surface area contributed by atoms with Crippen LogP contribution in [0.4, 0.5) is 22.7 Å². The van der Waals surface area contributed by atoms with Gasteiger partial charge in [-0.15, -0.1) is 0 Å². The first-order valence-corrected chi connectivity index (χ1v) is 28.6. The van der Waals surface area contributed by atoms with E-state index in [4.69, 9.17) is 0 Å². The Morgan fingerprint density at radius 3 is 0.800 bits per heavy atom. The molecule has 0 unspecified atom stereocenters. The molecule has 8 heteroatoms. The molecule has 0 N–H and O–H groups in total. The van der Waals surface area contributed by atoms with Gasteiger partial charge >= 0.3 is 259 Å². The van der Waals surface area contributed by atoms with E-state index in [1.165, 1.54) is 22.7 Å². The van der Waals surface area contributed by atoms with Crippen LogP contribution in [-0.4, -0.2) is 64.8 Å². The fourth-order valence-corrected chi connectivity index (χ4v) is 93.4. The van der Waals surface area contributed by atoms with E-state index in [9.17, 15) is 0 Å². The summed E-state index contributed by atoms with van der Waals surface area (Å²) in [6.07, 6.45) is 0. The summed E-state index contributed by atoms with van der Waals surface area (Å²) in [7, 11) is 0. The molecule has 0 atom stereocenters. The fourth-order valence-electron chi connectivity index (χ4n) is 6.17. The third kappa shape index (κ3) is 5.58.